The second kappa shape index (κ2) is 4.49. The van der Waals surface area contributed by atoms with Crippen molar-refractivity contribution in [2.24, 2.45) is 0 Å². The monoisotopic (exact) mass is 234 g/mol. The third kappa shape index (κ3) is 1.82. The largest absolute Gasteiger partial charge is 0.297 e. The van der Waals surface area contributed by atoms with Crippen molar-refractivity contribution in [1.82, 2.24) is 9.55 Å². The summed E-state index contributed by atoms with van der Waals surface area (Å²) in [5.41, 5.74) is 3.42. The fourth-order valence-corrected chi connectivity index (χ4v) is 2.13. The molecule has 3 aromatic rings. The highest BCUT2D eigenvalue weighted by Crippen LogP contribution is 2.23. The van der Waals surface area contributed by atoms with Crippen LogP contribution in [-0.2, 0) is 0 Å². The molecule has 1 heterocycles. The zero-order chi connectivity index (χ0) is 12.4. The first-order chi connectivity index (χ1) is 8.86. The molecule has 0 N–H and O–H groups in total. The lowest BCUT2D eigenvalue weighted by Gasteiger charge is -2.10. The molecule has 0 spiro atoms. The van der Waals surface area contributed by atoms with Crippen LogP contribution in [-0.4, -0.2) is 9.55 Å². The molecule has 0 saturated carbocycles. The maximum Gasteiger partial charge on any atom is 0.144 e. The van der Waals surface area contributed by atoms with E-state index in [1.807, 2.05) is 42.6 Å². The Morgan fingerprint density at radius 2 is 1.44 bits per heavy atom. The summed E-state index contributed by atoms with van der Waals surface area (Å²) in [5, 5.41) is 0. The number of rotatable bonds is 2. The SMILES string of the molecule is Cc1cnc(-c2ccccc2)n1-c1ccccc1. The maximum atomic E-state index is 4.53. The molecule has 2 heteroatoms. The first-order valence-corrected chi connectivity index (χ1v) is 6.01. The molecule has 18 heavy (non-hydrogen) atoms. The predicted octanol–water partition coefficient (Wildman–Crippen LogP) is 3.85. The van der Waals surface area contributed by atoms with Crippen LogP contribution in [0.4, 0.5) is 0 Å². The van der Waals surface area contributed by atoms with E-state index in [0.29, 0.717) is 0 Å². The number of hydrogen-bond acceptors (Lipinski definition) is 1. The maximum absolute atomic E-state index is 4.53. The van der Waals surface area contributed by atoms with E-state index < -0.39 is 0 Å². The van der Waals surface area contributed by atoms with Crippen LogP contribution < -0.4 is 0 Å². The van der Waals surface area contributed by atoms with E-state index in [1.54, 1.807) is 0 Å². The van der Waals surface area contributed by atoms with Crippen molar-refractivity contribution < 1.29 is 0 Å². The van der Waals surface area contributed by atoms with E-state index in [1.165, 1.54) is 0 Å². The van der Waals surface area contributed by atoms with Gasteiger partial charge in [-0.25, -0.2) is 4.98 Å². The summed E-state index contributed by atoms with van der Waals surface area (Å²) in [6.45, 7) is 2.08. The minimum atomic E-state index is 0.985. The minimum Gasteiger partial charge on any atom is -0.297 e. The summed E-state index contributed by atoms with van der Waals surface area (Å²) in [7, 11) is 0. The van der Waals surface area contributed by atoms with E-state index in [9.17, 15) is 0 Å². The molecule has 0 aliphatic heterocycles. The Hall–Kier alpha value is -2.35. The van der Waals surface area contributed by atoms with Crippen LogP contribution in [0.15, 0.2) is 66.9 Å². The Balaban J connectivity index is 2.19. The summed E-state index contributed by atoms with van der Waals surface area (Å²) >= 11 is 0. The van der Waals surface area contributed by atoms with Gasteiger partial charge in [0.05, 0.1) is 0 Å². The first-order valence-electron chi connectivity index (χ1n) is 6.01. The lowest BCUT2D eigenvalue weighted by atomic mass is 10.2. The highest BCUT2D eigenvalue weighted by atomic mass is 15.1. The summed E-state index contributed by atoms with van der Waals surface area (Å²) in [6, 6.07) is 20.6. The fourth-order valence-electron chi connectivity index (χ4n) is 2.13. The molecule has 88 valence electrons. The highest BCUT2D eigenvalue weighted by Gasteiger charge is 2.09. The fraction of sp³-hybridized carbons (Fsp3) is 0.0625. The molecule has 0 radical (unpaired) electrons. The van der Waals surface area contributed by atoms with Crippen molar-refractivity contribution in [1.29, 1.82) is 0 Å². The van der Waals surface area contributed by atoms with Gasteiger partial charge in [-0.2, -0.15) is 0 Å². The Kier molecular flexibility index (Phi) is 2.69. The van der Waals surface area contributed by atoms with Crippen LogP contribution in [0.5, 0.6) is 0 Å². The van der Waals surface area contributed by atoms with Gasteiger partial charge in [-0.05, 0) is 19.1 Å². The number of hydrogen-bond donors (Lipinski definition) is 0. The van der Waals surface area contributed by atoms with Crippen molar-refractivity contribution in [2.75, 3.05) is 0 Å². The normalized spacial score (nSPS) is 10.5. The van der Waals surface area contributed by atoms with Crippen molar-refractivity contribution in [3.63, 3.8) is 0 Å². The zero-order valence-electron chi connectivity index (χ0n) is 10.2. The molecular weight excluding hydrogens is 220 g/mol. The van der Waals surface area contributed by atoms with Crippen LogP contribution in [0.25, 0.3) is 17.1 Å². The van der Waals surface area contributed by atoms with Gasteiger partial charge in [-0.1, -0.05) is 48.5 Å². The van der Waals surface area contributed by atoms with Gasteiger partial charge < -0.3 is 0 Å². The molecule has 2 nitrogen and oxygen atoms in total. The molecule has 0 atom stereocenters. The third-order valence-electron chi connectivity index (χ3n) is 2.98. The van der Waals surface area contributed by atoms with E-state index in [0.717, 1.165) is 22.8 Å². The quantitative estimate of drug-likeness (QED) is 0.658. The van der Waals surface area contributed by atoms with Gasteiger partial charge in [0.15, 0.2) is 0 Å². The molecule has 3 rings (SSSR count). The Bertz CT molecular complexity index is 639. The average molecular weight is 234 g/mol. The molecule has 2 aromatic carbocycles. The van der Waals surface area contributed by atoms with Gasteiger partial charge in [0.25, 0.3) is 0 Å². The van der Waals surface area contributed by atoms with E-state index in [4.69, 9.17) is 0 Å². The summed E-state index contributed by atoms with van der Waals surface area (Å²) in [5.74, 6) is 0.985. The number of nitrogens with zero attached hydrogens (tertiary/aromatic N) is 2. The molecule has 0 aliphatic carbocycles. The number of aryl methyl sites for hydroxylation is 1. The molecule has 1 aromatic heterocycles. The summed E-state index contributed by atoms with van der Waals surface area (Å²) in [6.07, 6.45) is 1.91. The second-order valence-corrected chi connectivity index (χ2v) is 4.26. The zero-order valence-corrected chi connectivity index (χ0v) is 10.2. The van der Waals surface area contributed by atoms with Crippen LogP contribution >= 0.6 is 0 Å². The van der Waals surface area contributed by atoms with E-state index in [2.05, 4.69) is 40.7 Å². The smallest absolute Gasteiger partial charge is 0.144 e. The molecular formula is C16H14N2. The van der Waals surface area contributed by atoms with Crippen LogP contribution in [0.1, 0.15) is 5.69 Å². The van der Waals surface area contributed by atoms with Gasteiger partial charge in [0, 0.05) is 23.1 Å². The summed E-state index contributed by atoms with van der Waals surface area (Å²) in [4.78, 5) is 4.53. The topological polar surface area (TPSA) is 17.8 Å². The van der Waals surface area contributed by atoms with Crippen molar-refractivity contribution in [2.45, 2.75) is 6.92 Å². The lowest BCUT2D eigenvalue weighted by Crippen LogP contribution is -1.99. The van der Waals surface area contributed by atoms with Gasteiger partial charge in [-0.15, -0.1) is 0 Å². The molecule has 0 amide bonds. The predicted molar refractivity (Wildman–Crippen MR) is 73.7 cm³/mol. The lowest BCUT2D eigenvalue weighted by molar-refractivity contribution is 1.01. The van der Waals surface area contributed by atoms with E-state index >= 15 is 0 Å². The molecule has 0 unspecified atom stereocenters. The standard InChI is InChI=1S/C16H14N2/c1-13-12-17-16(14-8-4-2-5-9-14)18(13)15-10-6-3-7-11-15/h2-12H,1H3. The minimum absolute atomic E-state index is 0.985. The highest BCUT2D eigenvalue weighted by molar-refractivity contribution is 5.59. The molecule has 0 saturated heterocycles. The molecule has 0 bridgehead atoms. The molecule has 0 fully saturated rings. The van der Waals surface area contributed by atoms with Gasteiger partial charge in [-0.3, -0.25) is 4.57 Å². The number of aromatic nitrogens is 2. The average Bonchev–Trinajstić information content (AvgIpc) is 2.83. The Morgan fingerprint density at radius 3 is 2.11 bits per heavy atom. The van der Waals surface area contributed by atoms with Crippen molar-refractivity contribution in [3.8, 4) is 17.1 Å². The second-order valence-electron chi connectivity index (χ2n) is 4.26. The van der Waals surface area contributed by atoms with Crippen molar-refractivity contribution in [3.05, 3.63) is 72.6 Å². The van der Waals surface area contributed by atoms with Gasteiger partial charge in [0.2, 0.25) is 0 Å². The molecule has 0 aliphatic rings. The number of imidazole rings is 1. The third-order valence-corrected chi connectivity index (χ3v) is 2.98. The first kappa shape index (κ1) is 10.8. The Labute approximate surface area is 107 Å². The Morgan fingerprint density at radius 1 is 0.833 bits per heavy atom. The van der Waals surface area contributed by atoms with E-state index in [-0.39, 0.29) is 0 Å². The number of para-hydroxylation sites is 1. The number of benzene rings is 2. The van der Waals surface area contributed by atoms with Gasteiger partial charge in [0.1, 0.15) is 5.82 Å². The summed E-state index contributed by atoms with van der Waals surface area (Å²) < 4.78 is 2.18. The van der Waals surface area contributed by atoms with Crippen molar-refractivity contribution >= 4 is 0 Å². The van der Waals surface area contributed by atoms with Gasteiger partial charge >= 0.3 is 0 Å². The van der Waals surface area contributed by atoms with Crippen LogP contribution in [0, 0.1) is 6.92 Å². The van der Waals surface area contributed by atoms with Crippen LogP contribution in [0.3, 0.4) is 0 Å². The van der Waals surface area contributed by atoms with Crippen LogP contribution in [0.2, 0.25) is 0 Å².